The van der Waals surface area contributed by atoms with Gasteiger partial charge in [-0.3, -0.25) is 28.8 Å². The summed E-state index contributed by atoms with van der Waals surface area (Å²) in [6, 6.07) is 14.3. The van der Waals surface area contributed by atoms with Gasteiger partial charge in [-0.15, -0.1) is 0 Å². The van der Waals surface area contributed by atoms with E-state index in [1.165, 1.54) is 0 Å². The van der Waals surface area contributed by atoms with Crippen LogP contribution in [0, 0.1) is 34.5 Å². The zero-order chi connectivity index (χ0) is 42.8. The van der Waals surface area contributed by atoms with Crippen LogP contribution < -0.4 is 21.3 Å². The van der Waals surface area contributed by atoms with Crippen LogP contribution in [0.15, 0.2) is 48.5 Å². The van der Waals surface area contributed by atoms with E-state index < -0.39 is 47.8 Å². The van der Waals surface area contributed by atoms with Crippen molar-refractivity contribution in [1.29, 1.82) is 0 Å². The molecule has 320 valence electrons. The Bertz CT molecular complexity index is 1760. The fourth-order valence-electron chi connectivity index (χ4n) is 10.2. The van der Waals surface area contributed by atoms with E-state index in [4.69, 9.17) is 0 Å². The second-order valence-electron chi connectivity index (χ2n) is 18.8. The number of ketones is 4. The molecule has 2 heterocycles. The van der Waals surface area contributed by atoms with Crippen LogP contribution in [0.4, 0.5) is 0 Å². The zero-order valence-corrected chi connectivity index (χ0v) is 37.7. The van der Waals surface area contributed by atoms with Crippen molar-refractivity contribution in [3.63, 3.8) is 0 Å². The van der Waals surface area contributed by atoms with E-state index in [0.717, 1.165) is 46.6 Å². The molecule has 2 saturated heterocycles. The van der Waals surface area contributed by atoms with Crippen molar-refractivity contribution in [1.82, 2.24) is 21.3 Å². The van der Waals surface area contributed by atoms with Crippen molar-refractivity contribution < 1.29 is 28.8 Å². The van der Waals surface area contributed by atoms with E-state index in [2.05, 4.69) is 73.2 Å². The Kier molecular flexibility index (Phi) is 14.4. The molecule has 0 radical (unpaired) electrons. The van der Waals surface area contributed by atoms with E-state index in [1.807, 2.05) is 24.3 Å². The molecule has 4 fully saturated rings. The summed E-state index contributed by atoms with van der Waals surface area (Å²) in [5.41, 5.74) is 3.37. The van der Waals surface area contributed by atoms with Crippen LogP contribution in [0.2, 0.25) is 0 Å². The molecule has 2 saturated carbocycles. The molecule has 2 amide bonds. The van der Waals surface area contributed by atoms with E-state index in [9.17, 15) is 28.8 Å². The Balaban J connectivity index is 1.07. The van der Waals surface area contributed by atoms with Crippen molar-refractivity contribution in [3.8, 4) is 0 Å². The molecule has 59 heavy (non-hydrogen) atoms. The minimum Gasteiger partial charge on any atom is -0.345 e. The van der Waals surface area contributed by atoms with Crippen molar-refractivity contribution in [2.24, 2.45) is 34.5 Å². The number of amides is 2. The first-order valence-corrected chi connectivity index (χ1v) is 23.5. The van der Waals surface area contributed by atoms with Gasteiger partial charge < -0.3 is 21.3 Å². The Morgan fingerprint density at radius 2 is 0.949 bits per heavy atom. The van der Waals surface area contributed by atoms with Gasteiger partial charge in [0.1, 0.15) is 11.6 Å². The second kappa shape index (κ2) is 18.7. The first-order chi connectivity index (χ1) is 27.9. The molecular weight excluding hydrogens is 781 g/mol. The molecular formula is C47H64N4O6S2. The van der Waals surface area contributed by atoms with Gasteiger partial charge in [-0.2, -0.15) is 23.5 Å². The number of likely N-dealkylation sites (N-methyl/N-ethyl adjacent to an activating group) is 2. The van der Waals surface area contributed by atoms with Crippen LogP contribution in [0.5, 0.6) is 0 Å². The van der Waals surface area contributed by atoms with E-state index >= 15 is 0 Å². The summed E-state index contributed by atoms with van der Waals surface area (Å²) in [6.07, 6.45) is 3.92. The Hall–Kier alpha value is -3.32. The molecule has 10 atom stereocenters. The highest BCUT2D eigenvalue weighted by Gasteiger charge is 2.57. The summed E-state index contributed by atoms with van der Waals surface area (Å²) in [7, 11) is 3.44. The first kappa shape index (κ1) is 45.2. The molecule has 12 heteroatoms. The molecule has 2 aliphatic heterocycles. The van der Waals surface area contributed by atoms with Crippen LogP contribution in [0.3, 0.4) is 0 Å². The monoisotopic (exact) mass is 844 g/mol. The molecule has 0 aromatic heterocycles. The number of fused-ring (bicyclic) bond motifs is 2. The van der Waals surface area contributed by atoms with Gasteiger partial charge in [0.25, 0.3) is 0 Å². The predicted octanol–water partition coefficient (Wildman–Crippen LogP) is 5.16. The van der Waals surface area contributed by atoms with Crippen LogP contribution in [0.25, 0.3) is 0 Å². The largest absolute Gasteiger partial charge is 0.345 e. The maximum atomic E-state index is 14.1. The molecule has 2 aromatic carbocycles. The van der Waals surface area contributed by atoms with E-state index in [1.54, 1.807) is 51.5 Å². The minimum absolute atomic E-state index is 0.00778. The molecule has 6 rings (SSSR count). The summed E-state index contributed by atoms with van der Waals surface area (Å²) in [6.45, 7) is 12.0. The average Bonchev–Trinajstić information content (AvgIpc) is 3.51. The molecule has 0 bridgehead atoms. The van der Waals surface area contributed by atoms with Crippen molar-refractivity contribution in [3.05, 3.63) is 70.8 Å². The van der Waals surface area contributed by atoms with Crippen molar-refractivity contribution in [2.75, 3.05) is 25.6 Å². The highest BCUT2D eigenvalue weighted by Crippen LogP contribution is 2.55. The fourth-order valence-corrected chi connectivity index (χ4v) is 13.7. The number of Topliss-reactive ketones (excluding diaryl/α,β-unsaturated/α-hetero) is 4. The summed E-state index contributed by atoms with van der Waals surface area (Å²) in [5.74, 6) is -0.390. The second-order valence-corrected chi connectivity index (χ2v) is 21.5. The molecule has 0 spiro atoms. The standard InChI is InChI=1S/C47H64N4O6S2/c1-26(48-7)44(56)50-32-17-19-58-36-24-46(3,4)40(38(36)42(32)54)34(52)22-30-13-9-28(10-14-30)21-29-11-15-31(16-12-29)23-35(53)41-39-37(25-47(41,5)6)59-20-18-33(43(39)55)51-45(57)27(2)49-8/h9-16,26-27,32-33,36-41,48-49H,17-25H2,1-8H3,(H,50,56)(H,51,57)/t26-,27-,32-,33-,36-,37-,38?,39?,40-,41-/m0/s1. The Morgan fingerprint density at radius 3 is 1.29 bits per heavy atom. The van der Waals surface area contributed by atoms with Gasteiger partial charge in [0.05, 0.1) is 24.2 Å². The smallest absolute Gasteiger partial charge is 0.237 e. The molecule has 2 aromatic rings. The summed E-state index contributed by atoms with van der Waals surface area (Å²) < 4.78 is 0. The number of thioether (sulfide) groups is 2. The quantitative estimate of drug-likeness (QED) is 0.201. The number of benzene rings is 2. The summed E-state index contributed by atoms with van der Waals surface area (Å²) in [5, 5.41) is 11.9. The van der Waals surface area contributed by atoms with E-state index in [0.29, 0.717) is 19.3 Å². The molecule has 4 aliphatic rings. The molecule has 2 unspecified atom stereocenters. The Labute approximate surface area is 359 Å². The molecule has 10 nitrogen and oxygen atoms in total. The van der Waals surface area contributed by atoms with Gasteiger partial charge in [-0.05, 0) is 105 Å². The third-order valence-corrected chi connectivity index (χ3v) is 16.4. The SMILES string of the molecule is CN[C@@H](C)C(=O)N[C@H]1CCS[C@H]2CC(C)(C)[C@@H](C(=O)Cc3ccc(Cc4ccc(CC(=O)[C@H]5C6C(=O)[C@@H](NC(=O)[C@H](C)NC)CCS[C@H]6CC5(C)C)cc4)cc3)C2C1=O. The Morgan fingerprint density at radius 1 is 0.610 bits per heavy atom. The molecule has 2 aliphatic carbocycles. The van der Waals surface area contributed by atoms with Crippen LogP contribution >= 0.6 is 23.5 Å². The van der Waals surface area contributed by atoms with Crippen molar-refractivity contribution in [2.45, 2.75) is 121 Å². The number of rotatable bonds is 14. The first-order valence-electron chi connectivity index (χ1n) is 21.4. The van der Waals surface area contributed by atoms with Gasteiger partial charge in [-0.25, -0.2) is 0 Å². The van der Waals surface area contributed by atoms with Gasteiger partial charge in [0.15, 0.2) is 11.6 Å². The highest BCUT2D eigenvalue weighted by atomic mass is 32.2. The number of carbonyl (C=O) groups excluding carboxylic acids is 6. The zero-order valence-electron chi connectivity index (χ0n) is 36.0. The predicted molar refractivity (Wildman–Crippen MR) is 237 cm³/mol. The maximum absolute atomic E-state index is 14.1. The lowest BCUT2D eigenvalue weighted by atomic mass is 9.72. The summed E-state index contributed by atoms with van der Waals surface area (Å²) >= 11 is 3.54. The maximum Gasteiger partial charge on any atom is 0.237 e. The average molecular weight is 845 g/mol. The number of hydrogen-bond donors (Lipinski definition) is 4. The minimum atomic E-state index is -0.584. The van der Waals surface area contributed by atoms with Gasteiger partial charge >= 0.3 is 0 Å². The van der Waals surface area contributed by atoms with E-state index in [-0.39, 0.29) is 69.1 Å². The van der Waals surface area contributed by atoms with Gasteiger partial charge in [0, 0.05) is 47.0 Å². The van der Waals surface area contributed by atoms with Crippen LogP contribution in [-0.4, -0.2) is 95.2 Å². The van der Waals surface area contributed by atoms with Crippen molar-refractivity contribution >= 4 is 58.5 Å². The highest BCUT2D eigenvalue weighted by molar-refractivity contribution is 8.00. The van der Waals surface area contributed by atoms with Gasteiger partial charge in [-0.1, -0.05) is 76.2 Å². The number of nitrogens with one attached hydrogen (secondary N) is 4. The third kappa shape index (κ3) is 10.1. The number of hydrogen-bond acceptors (Lipinski definition) is 10. The number of carbonyl (C=O) groups is 6. The lowest BCUT2D eigenvalue weighted by molar-refractivity contribution is -0.136. The van der Waals surface area contributed by atoms with Gasteiger partial charge in [0.2, 0.25) is 11.8 Å². The fraction of sp³-hybridized carbons (Fsp3) is 0.617. The third-order valence-electron chi connectivity index (χ3n) is 13.7. The topological polar surface area (TPSA) is 151 Å². The molecule has 4 N–H and O–H groups in total. The van der Waals surface area contributed by atoms with Crippen LogP contribution in [-0.2, 0) is 48.0 Å². The lowest BCUT2D eigenvalue weighted by Crippen LogP contribution is -2.51. The normalized spacial score (nSPS) is 29.6. The lowest BCUT2D eigenvalue weighted by Gasteiger charge is -2.30. The van der Waals surface area contributed by atoms with Crippen LogP contribution in [0.1, 0.15) is 89.5 Å². The summed E-state index contributed by atoms with van der Waals surface area (Å²) in [4.78, 5) is 81.6.